The lowest BCUT2D eigenvalue weighted by Gasteiger charge is -2.38. The molecule has 0 spiro atoms. The molecule has 0 atom stereocenters. The van der Waals surface area contributed by atoms with Gasteiger partial charge in [0.15, 0.2) is 0 Å². The Morgan fingerprint density at radius 2 is 1.94 bits per heavy atom. The van der Waals surface area contributed by atoms with Crippen molar-refractivity contribution in [3.05, 3.63) is 0 Å². The number of aliphatic hydroxyl groups is 1. The van der Waals surface area contributed by atoms with E-state index < -0.39 is 0 Å². The smallest absolute Gasteiger partial charge is 0.0593 e. The van der Waals surface area contributed by atoms with Gasteiger partial charge in [0.25, 0.3) is 0 Å². The summed E-state index contributed by atoms with van der Waals surface area (Å²) in [5, 5.41) is 9.60. The second-order valence-electron chi connectivity index (χ2n) is 5.15. The van der Waals surface area contributed by atoms with Gasteiger partial charge in [-0.1, -0.05) is 19.3 Å². The summed E-state index contributed by atoms with van der Waals surface area (Å²) in [6.45, 7) is 5.93. The van der Waals surface area contributed by atoms with Gasteiger partial charge < -0.3 is 14.7 Å². The molecule has 1 fully saturated rings. The van der Waals surface area contributed by atoms with Crippen LogP contribution in [0.3, 0.4) is 0 Å². The molecule has 1 aliphatic rings. The maximum absolute atomic E-state index is 9.60. The summed E-state index contributed by atoms with van der Waals surface area (Å²) in [5.41, 5.74) is 0.166. The quantitative estimate of drug-likeness (QED) is 0.677. The molecule has 0 unspecified atom stereocenters. The number of nitrogens with zero attached hydrogens (tertiary/aromatic N) is 1. The van der Waals surface area contributed by atoms with Crippen molar-refractivity contribution < 1.29 is 9.84 Å². The molecule has 0 amide bonds. The zero-order chi connectivity index (χ0) is 11.9. The van der Waals surface area contributed by atoms with Gasteiger partial charge in [0, 0.05) is 31.7 Å². The molecule has 96 valence electrons. The molecule has 1 aliphatic carbocycles. The Balaban J connectivity index is 2.30. The average molecular weight is 229 g/mol. The Morgan fingerprint density at radius 1 is 1.25 bits per heavy atom. The van der Waals surface area contributed by atoms with Crippen LogP contribution in [0.2, 0.25) is 0 Å². The highest BCUT2D eigenvalue weighted by Crippen LogP contribution is 2.36. The SMILES string of the molecule is CCOCCN(C)CC1(CO)CCCCC1. The molecule has 1 N–H and O–H groups in total. The third kappa shape index (κ3) is 4.40. The lowest BCUT2D eigenvalue weighted by Crippen LogP contribution is -2.41. The molecule has 1 saturated carbocycles. The fraction of sp³-hybridized carbons (Fsp3) is 1.00. The van der Waals surface area contributed by atoms with E-state index in [1.54, 1.807) is 0 Å². The van der Waals surface area contributed by atoms with Gasteiger partial charge in [0.05, 0.1) is 6.61 Å². The van der Waals surface area contributed by atoms with Gasteiger partial charge in [-0.25, -0.2) is 0 Å². The molecule has 1 rings (SSSR count). The van der Waals surface area contributed by atoms with Crippen molar-refractivity contribution >= 4 is 0 Å². The van der Waals surface area contributed by atoms with Crippen LogP contribution >= 0.6 is 0 Å². The Labute approximate surface area is 99.8 Å². The fourth-order valence-corrected chi connectivity index (χ4v) is 2.68. The zero-order valence-electron chi connectivity index (χ0n) is 10.9. The summed E-state index contributed by atoms with van der Waals surface area (Å²) < 4.78 is 5.36. The Morgan fingerprint density at radius 3 is 2.50 bits per heavy atom. The Bertz CT molecular complexity index is 179. The number of ether oxygens (including phenoxy) is 1. The van der Waals surface area contributed by atoms with Crippen molar-refractivity contribution in [2.45, 2.75) is 39.0 Å². The highest BCUT2D eigenvalue weighted by atomic mass is 16.5. The first-order chi connectivity index (χ1) is 7.72. The first-order valence-electron chi connectivity index (χ1n) is 6.59. The van der Waals surface area contributed by atoms with E-state index in [1.165, 1.54) is 32.1 Å². The van der Waals surface area contributed by atoms with Crippen molar-refractivity contribution in [2.24, 2.45) is 5.41 Å². The molecule has 0 heterocycles. The normalized spacial score (nSPS) is 20.2. The van der Waals surface area contributed by atoms with E-state index in [0.717, 1.165) is 26.3 Å². The van der Waals surface area contributed by atoms with Crippen LogP contribution in [0.15, 0.2) is 0 Å². The van der Waals surface area contributed by atoms with Crippen LogP contribution in [-0.2, 0) is 4.74 Å². The van der Waals surface area contributed by atoms with Crippen molar-refractivity contribution in [2.75, 3.05) is 40.0 Å². The Hall–Kier alpha value is -0.120. The minimum absolute atomic E-state index is 0.166. The summed E-state index contributed by atoms with van der Waals surface area (Å²) >= 11 is 0. The average Bonchev–Trinajstić information content (AvgIpc) is 2.30. The summed E-state index contributed by atoms with van der Waals surface area (Å²) in [5.74, 6) is 0. The molecule has 3 nitrogen and oxygen atoms in total. The van der Waals surface area contributed by atoms with Gasteiger partial charge >= 0.3 is 0 Å². The van der Waals surface area contributed by atoms with Gasteiger partial charge in [-0.2, -0.15) is 0 Å². The first kappa shape index (κ1) is 13.9. The number of likely N-dealkylation sites (N-methyl/N-ethyl adjacent to an activating group) is 1. The summed E-state index contributed by atoms with van der Waals surface area (Å²) in [6, 6.07) is 0. The van der Waals surface area contributed by atoms with Crippen molar-refractivity contribution in [1.29, 1.82) is 0 Å². The van der Waals surface area contributed by atoms with Crippen molar-refractivity contribution in [1.82, 2.24) is 4.90 Å². The minimum atomic E-state index is 0.166. The van der Waals surface area contributed by atoms with Crippen molar-refractivity contribution in [3.63, 3.8) is 0 Å². The summed E-state index contributed by atoms with van der Waals surface area (Å²) in [7, 11) is 2.13. The van der Waals surface area contributed by atoms with Crippen LogP contribution in [-0.4, -0.2) is 50.0 Å². The van der Waals surface area contributed by atoms with Gasteiger partial charge in [0.2, 0.25) is 0 Å². The molecule has 0 radical (unpaired) electrons. The standard InChI is InChI=1S/C13H27NO2/c1-3-16-10-9-14(2)11-13(12-15)7-5-4-6-8-13/h15H,3-12H2,1-2H3. The molecule has 0 saturated heterocycles. The topological polar surface area (TPSA) is 32.7 Å². The van der Waals surface area contributed by atoms with E-state index in [4.69, 9.17) is 4.74 Å². The number of aliphatic hydroxyl groups excluding tert-OH is 1. The predicted octanol–water partition coefficient (Wildman–Crippen LogP) is 1.90. The monoisotopic (exact) mass is 229 g/mol. The van der Waals surface area contributed by atoms with Gasteiger partial charge in [-0.3, -0.25) is 0 Å². The van der Waals surface area contributed by atoms with Crippen LogP contribution in [0, 0.1) is 5.41 Å². The lowest BCUT2D eigenvalue weighted by atomic mass is 9.74. The molecule has 3 heteroatoms. The van der Waals surface area contributed by atoms with Crippen LogP contribution < -0.4 is 0 Å². The van der Waals surface area contributed by atoms with Gasteiger partial charge in [-0.15, -0.1) is 0 Å². The van der Waals surface area contributed by atoms with E-state index in [-0.39, 0.29) is 5.41 Å². The summed E-state index contributed by atoms with van der Waals surface area (Å²) in [4.78, 5) is 2.30. The molecular formula is C13H27NO2. The van der Waals surface area contributed by atoms with E-state index in [1.807, 2.05) is 6.92 Å². The third-order valence-electron chi connectivity index (χ3n) is 3.68. The van der Waals surface area contributed by atoms with Gasteiger partial charge in [0.1, 0.15) is 0 Å². The number of hydrogen-bond acceptors (Lipinski definition) is 3. The highest BCUT2D eigenvalue weighted by Gasteiger charge is 2.32. The van der Waals surface area contributed by atoms with Gasteiger partial charge in [-0.05, 0) is 26.8 Å². The predicted molar refractivity (Wildman–Crippen MR) is 66.6 cm³/mol. The minimum Gasteiger partial charge on any atom is -0.396 e. The van der Waals surface area contributed by atoms with Crippen molar-refractivity contribution in [3.8, 4) is 0 Å². The number of rotatable bonds is 7. The van der Waals surface area contributed by atoms with E-state index >= 15 is 0 Å². The Kier molecular flexibility index (Phi) is 6.32. The first-order valence-corrected chi connectivity index (χ1v) is 6.59. The third-order valence-corrected chi connectivity index (χ3v) is 3.68. The maximum atomic E-state index is 9.60. The second kappa shape index (κ2) is 7.25. The largest absolute Gasteiger partial charge is 0.396 e. The van der Waals surface area contributed by atoms with Crippen LogP contribution in [0.1, 0.15) is 39.0 Å². The molecule has 0 aliphatic heterocycles. The second-order valence-corrected chi connectivity index (χ2v) is 5.15. The maximum Gasteiger partial charge on any atom is 0.0593 e. The van der Waals surface area contributed by atoms with E-state index in [2.05, 4.69) is 11.9 Å². The van der Waals surface area contributed by atoms with Crippen LogP contribution in [0.25, 0.3) is 0 Å². The van der Waals surface area contributed by atoms with E-state index in [9.17, 15) is 5.11 Å². The fourth-order valence-electron chi connectivity index (χ4n) is 2.68. The lowest BCUT2D eigenvalue weighted by molar-refractivity contribution is 0.0372. The molecule has 0 bridgehead atoms. The van der Waals surface area contributed by atoms with E-state index in [0.29, 0.717) is 6.61 Å². The molecule has 0 aromatic rings. The summed E-state index contributed by atoms with van der Waals surface area (Å²) in [6.07, 6.45) is 6.26. The van der Waals surface area contributed by atoms with Crippen LogP contribution in [0.4, 0.5) is 0 Å². The molecule has 0 aromatic carbocycles. The highest BCUT2D eigenvalue weighted by molar-refractivity contribution is 4.84. The number of hydrogen-bond donors (Lipinski definition) is 1. The molecule has 16 heavy (non-hydrogen) atoms. The zero-order valence-corrected chi connectivity index (χ0v) is 10.9. The molecule has 0 aromatic heterocycles. The van der Waals surface area contributed by atoms with Crippen LogP contribution in [0.5, 0.6) is 0 Å². The molecular weight excluding hydrogens is 202 g/mol.